The first-order chi connectivity index (χ1) is 11.8. The van der Waals surface area contributed by atoms with Crippen LogP contribution >= 0.6 is 0 Å². The quantitative estimate of drug-likeness (QED) is 0.718. The molecule has 3 aromatic rings. The summed E-state index contributed by atoms with van der Waals surface area (Å²) in [6.07, 6.45) is -4.41. The van der Waals surface area contributed by atoms with Crippen LogP contribution < -0.4 is 10.6 Å². The third-order valence-electron chi connectivity index (χ3n) is 3.18. The molecule has 25 heavy (non-hydrogen) atoms. The summed E-state index contributed by atoms with van der Waals surface area (Å²) in [5, 5.41) is 9.52. The van der Waals surface area contributed by atoms with Crippen molar-refractivity contribution in [3.05, 3.63) is 53.4 Å². The Bertz CT molecular complexity index is 891. The van der Waals surface area contributed by atoms with Gasteiger partial charge in [-0.05, 0) is 32.0 Å². The van der Waals surface area contributed by atoms with Crippen LogP contribution in [-0.4, -0.2) is 15.1 Å². The molecule has 6 nitrogen and oxygen atoms in total. The van der Waals surface area contributed by atoms with Crippen molar-refractivity contribution < 1.29 is 17.7 Å². The number of benzene rings is 1. The summed E-state index contributed by atoms with van der Waals surface area (Å²) in [6.45, 7) is 3.49. The maximum Gasteiger partial charge on any atom is 0.416 e. The Kier molecular flexibility index (Phi) is 4.30. The van der Waals surface area contributed by atoms with Crippen molar-refractivity contribution in [2.45, 2.75) is 20.0 Å². The van der Waals surface area contributed by atoms with Gasteiger partial charge in [-0.3, -0.25) is 0 Å². The summed E-state index contributed by atoms with van der Waals surface area (Å²) >= 11 is 0. The smallest absolute Gasteiger partial charge is 0.360 e. The fraction of sp³-hybridized carbons (Fsp3) is 0.188. The summed E-state index contributed by atoms with van der Waals surface area (Å²) in [5.41, 5.74) is 0.169. The van der Waals surface area contributed by atoms with Crippen molar-refractivity contribution in [2.24, 2.45) is 0 Å². The zero-order valence-corrected chi connectivity index (χ0v) is 13.3. The second-order valence-corrected chi connectivity index (χ2v) is 5.37. The van der Waals surface area contributed by atoms with Crippen LogP contribution in [0, 0.1) is 13.8 Å². The number of nitrogens with zero attached hydrogens (tertiary/aromatic N) is 3. The topological polar surface area (TPSA) is 75.9 Å². The van der Waals surface area contributed by atoms with Crippen LogP contribution in [-0.2, 0) is 6.18 Å². The maximum atomic E-state index is 12.8. The average Bonchev–Trinajstić information content (AvgIpc) is 2.91. The van der Waals surface area contributed by atoms with Crippen LogP contribution in [0.25, 0.3) is 0 Å². The fourth-order valence-electron chi connectivity index (χ4n) is 2.15. The molecular formula is C16H14F3N5O. The van der Waals surface area contributed by atoms with Crippen LogP contribution in [0.2, 0.25) is 0 Å². The lowest BCUT2D eigenvalue weighted by molar-refractivity contribution is -0.137. The van der Waals surface area contributed by atoms with Crippen LogP contribution in [0.15, 0.2) is 40.9 Å². The number of nitrogens with one attached hydrogen (secondary N) is 2. The van der Waals surface area contributed by atoms with Crippen molar-refractivity contribution >= 4 is 23.3 Å². The molecule has 0 aliphatic rings. The minimum Gasteiger partial charge on any atom is -0.360 e. The zero-order valence-electron chi connectivity index (χ0n) is 13.3. The van der Waals surface area contributed by atoms with Gasteiger partial charge in [-0.25, -0.2) is 4.98 Å². The summed E-state index contributed by atoms with van der Waals surface area (Å²) in [5.74, 6) is 1.67. The van der Waals surface area contributed by atoms with Crippen LogP contribution in [0.5, 0.6) is 0 Å². The Balaban J connectivity index is 1.83. The molecule has 0 radical (unpaired) electrons. The van der Waals surface area contributed by atoms with Crippen LogP contribution in [0.4, 0.5) is 36.4 Å². The molecule has 0 aliphatic carbocycles. The summed E-state index contributed by atoms with van der Waals surface area (Å²) in [7, 11) is 0. The molecule has 9 heteroatoms. The Hall–Kier alpha value is -3.10. The van der Waals surface area contributed by atoms with E-state index >= 15 is 0 Å². The first-order valence-corrected chi connectivity index (χ1v) is 7.30. The standard InChI is InChI=1S/C16H14F3N5O/c1-9-6-13(21-12-5-3-4-11(8-12)16(17,18)19)22-15(20-9)23-14-7-10(2)25-24-14/h3-8H,1-2H3,(H2,20,21,22,23,24). The maximum absolute atomic E-state index is 12.8. The van der Waals surface area contributed by atoms with Crippen molar-refractivity contribution in [1.82, 2.24) is 15.1 Å². The molecule has 2 heterocycles. The van der Waals surface area contributed by atoms with E-state index < -0.39 is 11.7 Å². The van der Waals surface area contributed by atoms with Crippen molar-refractivity contribution in [2.75, 3.05) is 10.6 Å². The van der Waals surface area contributed by atoms with E-state index in [0.29, 0.717) is 23.1 Å². The molecule has 0 aliphatic heterocycles. The summed E-state index contributed by atoms with van der Waals surface area (Å²) in [4.78, 5) is 8.44. The Morgan fingerprint density at radius 1 is 0.960 bits per heavy atom. The van der Waals surface area contributed by atoms with E-state index in [1.807, 2.05) is 0 Å². The number of anilines is 4. The third-order valence-corrected chi connectivity index (χ3v) is 3.18. The molecule has 2 aromatic heterocycles. The van der Waals surface area contributed by atoms with Gasteiger partial charge in [-0.1, -0.05) is 11.2 Å². The third kappa shape index (κ3) is 4.25. The first kappa shape index (κ1) is 16.7. The normalized spacial score (nSPS) is 11.4. The number of aryl methyl sites for hydroxylation is 2. The van der Waals surface area contributed by atoms with E-state index in [2.05, 4.69) is 25.8 Å². The van der Waals surface area contributed by atoms with Gasteiger partial charge in [-0.2, -0.15) is 18.2 Å². The van der Waals surface area contributed by atoms with Gasteiger partial charge in [0.25, 0.3) is 0 Å². The van der Waals surface area contributed by atoms with E-state index in [1.54, 1.807) is 26.0 Å². The van der Waals surface area contributed by atoms with Crippen molar-refractivity contribution in [3.63, 3.8) is 0 Å². The molecular weight excluding hydrogens is 335 g/mol. The second-order valence-electron chi connectivity index (χ2n) is 5.37. The van der Waals surface area contributed by atoms with Gasteiger partial charge in [0.1, 0.15) is 11.6 Å². The molecule has 0 atom stereocenters. The van der Waals surface area contributed by atoms with Crippen molar-refractivity contribution in [3.8, 4) is 0 Å². The predicted octanol–water partition coefficient (Wildman–Crippen LogP) is 4.59. The lowest BCUT2D eigenvalue weighted by Crippen LogP contribution is -2.06. The molecule has 0 spiro atoms. The molecule has 0 bridgehead atoms. The SMILES string of the molecule is Cc1cc(Nc2cccc(C(F)(F)F)c2)nc(Nc2cc(C)on2)n1. The van der Waals surface area contributed by atoms with Crippen LogP contribution in [0.3, 0.4) is 0 Å². The summed E-state index contributed by atoms with van der Waals surface area (Å²) < 4.78 is 43.3. The van der Waals surface area contributed by atoms with E-state index in [0.717, 1.165) is 12.1 Å². The number of alkyl halides is 3. The Morgan fingerprint density at radius 3 is 2.44 bits per heavy atom. The largest absolute Gasteiger partial charge is 0.416 e. The van der Waals surface area contributed by atoms with Gasteiger partial charge in [0.2, 0.25) is 5.95 Å². The highest BCUT2D eigenvalue weighted by Crippen LogP contribution is 2.31. The van der Waals surface area contributed by atoms with E-state index in [-0.39, 0.29) is 11.6 Å². The number of hydrogen-bond acceptors (Lipinski definition) is 6. The van der Waals surface area contributed by atoms with Gasteiger partial charge in [0, 0.05) is 23.5 Å². The molecule has 3 rings (SSSR count). The number of hydrogen-bond donors (Lipinski definition) is 2. The molecule has 0 fully saturated rings. The minimum absolute atomic E-state index is 0.253. The minimum atomic E-state index is -4.41. The molecule has 0 saturated carbocycles. The number of halogens is 3. The molecule has 0 amide bonds. The summed E-state index contributed by atoms with van der Waals surface area (Å²) in [6, 6.07) is 8.18. The highest BCUT2D eigenvalue weighted by atomic mass is 19.4. The molecule has 1 aromatic carbocycles. The Morgan fingerprint density at radius 2 is 1.76 bits per heavy atom. The zero-order chi connectivity index (χ0) is 18.0. The van der Waals surface area contributed by atoms with Crippen molar-refractivity contribution in [1.29, 1.82) is 0 Å². The van der Waals surface area contributed by atoms with E-state index in [4.69, 9.17) is 4.52 Å². The van der Waals surface area contributed by atoms with E-state index in [9.17, 15) is 13.2 Å². The first-order valence-electron chi connectivity index (χ1n) is 7.30. The van der Waals surface area contributed by atoms with Gasteiger partial charge >= 0.3 is 6.18 Å². The average molecular weight is 349 g/mol. The fourth-order valence-corrected chi connectivity index (χ4v) is 2.15. The highest BCUT2D eigenvalue weighted by Gasteiger charge is 2.30. The lowest BCUT2D eigenvalue weighted by atomic mass is 10.2. The lowest BCUT2D eigenvalue weighted by Gasteiger charge is -2.11. The highest BCUT2D eigenvalue weighted by molar-refractivity contribution is 5.60. The van der Waals surface area contributed by atoms with Gasteiger partial charge in [0.05, 0.1) is 5.56 Å². The van der Waals surface area contributed by atoms with E-state index in [1.165, 1.54) is 12.1 Å². The molecule has 0 unspecified atom stereocenters. The van der Waals surface area contributed by atoms with Gasteiger partial charge in [-0.15, -0.1) is 0 Å². The van der Waals surface area contributed by atoms with Gasteiger partial charge in [0.15, 0.2) is 5.82 Å². The molecule has 2 N–H and O–H groups in total. The van der Waals surface area contributed by atoms with Crippen LogP contribution in [0.1, 0.15) is 17.0 Å². The number of aromatic nitrogens is 3. The Labute approximate surface area is 141 Å². The predicted molar refractivity (Wildman–Crippen MR) is 86.0 cm³/mol. The monoisotopic (exact) mass is 349 g/mol. The second kappa shape index (κ2) is 6.42. The molecule has 130 valence electrons. The van der Waals surface area contributed by atoms with Gasteiger partial charge < -0.3 is 15.2 Å². The molecule has 0 saturated heterocycles. The number of rotatable bonds is 4.